The first-order valence-corrected chi connectivity index (χ1v) is 10.8. The highest BCUT2D eigenvalue weighted by molar-refractivity contribution is 6.12. The number of aromatic nitrogens is 4. The van der Waals surface area contributed by atoms with Gasteiger partial charge >= 0.3 is 0 Å². The van der Waals surface area contributed by atoms with E-state index in [4.69, 9.17) is 14.5 Å². The maximum absolute atomic E-state index is 13.6. The van der Waals surface area contributed by atoms with E-state index in [1.165, 1.54) is 0 Å². The monoisotopic (exact) mass is 435 g/mol. The third kappa shape index (κ3) is 2.96. The molecule has 5 heterocycles. The van der Waals surface area contributed by atoms with Crippen molar-refractivity contribution >= 4 is 11.6 Å². The van der Waals surface area contributed by atoms with Crippen molar-refractivity contribution in [1.82, 2.24) is 19.7 Å². The van der Waals surface area contributed by atoms with Gasteiger partial charge in [-0.1, -0.05) is 0 Å². The predicted molar refractivity (Wildman–Crippen MR) is 117 cm³/mol. The number of hydrogen-bond acceptors (Lipinski definition) is 7. The van der Waals surface area contributed by atoms with Crippen molar-refractivity contribution in [3.63, 3.8) is 0 Å². The molecule has 0 aliphatic carbocycles. The van der Waals surface area contributed by atoms with Crippen molar-refractivity contribution in [3.05, 3.63) is 47.5 Å². The number of hydrogen-bond donors (Lipinski definition) is 1. The standard InChI is InChI=1S/C23H25N5O4/c1-4-27-13-16(12-25-27)28-22(30)19-14(3)9-17(26-20(19)23(28)7-6-8-32-23)15-10-18(29)21(24-11-15)31-5-2/h9-13,29H,4-8H2,1-3H3. The van der Waals surface area contributed by atoms with Crippen LogP contribution < -0.4 is 9.64 Å². The molecule has 1 N–H and O–H groups in total. The van der Waals surface area contributed by atoms with Gasteiger partial charge < -0.3 is 14.6 Å². The smallest absolute Gasteiger partial charge is 0.263 e. The summed E-state index contributed by atoms with van der Waals surface area (Å²) in [6.45, 7) is 7.37. The van der Waals surface area contributed by atoms with Gasteiger partial charge in [0, 0.05) is 30.9 Å². The number of nitrogens with zero attached hydrogens (tertiary/aromatic N) is 5. The first kappa shape index (κ1) is 20.4. The van der Waals surface area contributed by atoms with Crippen LogP contribution in [0.4, 0.5) is 5.69 Å². The average molecular weight is 435 g/mol. The van der Waals surface area contributed by atoms with Gasteiger partial charge in [0.25, 0.3) is 11.8 Å². The Labute approximate surface area is 185 Å². The van der Waals surface area contributed by atoms with Gasteiger partial charge in [0.05, 0.1) is 36.4 Å². The van der Waals surface area contributed by atoms with E-state index >= 15 is 0 Å². The van der Waals surface area contributed by atoms with Gasteiger partial charge in [-0.15, -0.1) is 0 Å². The molecule has 1 amide bonds. The van der Waals surface area contributed by atoms with E-state index in [1.54, 1.807) is 28.0 Å². The van der Waals surface area contributed by atoms with E-state index in [0.29, 0.717) is 54.4 Å². The number of fused-ring (bicyclic) bond motifs is 2. The summed E-state index contributed by atoms with van der Waals surface area (Å²) in [4.78, 5) is 24.4. The minimum atomic E-state index is -0.963. The second-order valence-corrected chi connectivity index (χ2v) is 7.96. The van der Waals surface area contributed by atoms with E-state index in [1.807, 2.05) is 33.0 Å². The molecule has 1 spiro atoms. The molecule has 166 valence electrons. The minimum Gasteiger partial charge on any atom is -0.503 e. The Hall–Kier alpha value is -3.46. The number of anilines is 1. The van der Waals surface area contributed by atoms with Crippen LogP contribution in [-0.4, -0.2) is 44.0 Å². The average Bonchev–Trinajstić information content (AvgIpc) is 3.50. The molecule has 2 aliphatic heterocycles. The zero-order valence-corrected chi connectivity index (χ0v) is 18.3. The normalized spacial score (nSPS) is 19.7. The fourth-order valence-corrected chi connectivity index (χ4v) is 4.54. The Morgan fingerprint density at radius 3 is 2.78 bits per heavy atom. The zero-order valence-electron chi connectivity index (χ0n) is 18.3. The number of aromatic hydroxyl groups is 1. The van der Waals surface area contributed by atoms with Gasteiger partial charge in [-0.05, 0) is 44.9 Å². The van der Waals surface area contributed by atoms with Crippen LogP contribution in [0.3, 0.4) is 0 Å². The van der Waals surface area contributed by atoms with Crippen molar-refractivity contribution in [2.45, 2.75) is 45.9 Å². The Balaban J connectivity index is 1.64. The highest BCUT2D eigenvalue weighted by Crippen LogP contribution is 2.49. The fraction of sp³-hybridized carbons (Fsp3) is 0.391. The molecule has 5 rings (SSSR count). The van der Waals surface area contributed by atoms with Crippen molar-refractivity contribution < 1.29 is 19.4 Å². The van der Waals surface area contributed by atoms with Crippen LogP contribution in [0.1, 0.15) is 48.3 Å². The number of pyridine rings is 2. The molecule has 32 heavy (non-hydrogen) atoms. The molecule has 9 heteroatoms. The van der Waals surface area contributed by atoms with Gasteiger partial charge in [-0.3, -0.25) is 14.4 Å². The predicted octanol–water partition coefficient (Wildman–Crippen LogP) is 3.40. The molecule has 9 nitrogen and oxygen atoms in total. The minimum absolute atomic E-state index is 0.0548. The molecule has 1 saturated heterocycles. The van der Waals surface area contributed by atoms with Crippen molar-refractivity contribution in [2.75, 3.05) is 18.1 Å². The fourth-order valence-electron chi connectivity index (χ4n) is 4.54. The van der Waals surface area contributed by atoms with Crippen molar-refractivity contribution in [3.8, 4) is 22.9 Å². The van der Waals surface area contributed by atoms with E-state index in [0.717, 1.165) is 12.0 Å². The lowest BCUT2D eigenvalue weighted by molar-refractivity contribution is 0.00297. The summed E-state index contributed by atoms with van der Waals surface area (Å²) in [5, 5.41) is 14.6. The molecule has 0 aromatic carbocycles. The maximum Gasteiger partial charge on any atom is 0.263 e. The summed E-state index contributed by atoms with van der Waals surface area (Å²) in [5.41, 5.74) is 2.93. The Morgan fingerprint density at radius 2 is 2.12 bits per heavy atom. The highest BCUT2D eigenvalue weighted by Gasteiger charge is 2.56. The molecule has 1 atom stereocenters. The molecule has 1 fully saturated rings. The first-order chi connectivity index (χ1) is 15.5. The lowest BCUT2D eigenvalue weighted by Gasteiger charge is -2.33. The molecule has 3 aromatic rings. The number of aryl methyl sites for hydroxylation is 2. The molecule has 0 radical (unpaired) electrons. The molecular formula is C23H25N5O4. The number of carbonyl (C=O) groups excluding carboxylic acids is 1. The van der Waals surface area contributed by atoms with Crippen LogP contribution in [0, 0.1) is 6.92 Å². The topological polar surface area (TPSA) is 103 Å². The third-order valence-corrected chi connectivity index (χ3v) is 5.98. The summed E-state index contributed by atoms with van der Waals surface area (Å²) in [7, 11) is 0. The van der Waals surface area contributed by atoms with E-state index in [2.05, 4.69) is 10.1 Å². The number of ether oxygens (including phenoxy) is 2. The highest BCUT2D eigenvalue weighted by atomic mass is 16.5. The Bertz CT molecular complexity index is 1200. The summed E-state index contributed by atoms with van der Waals surface area (Å²) >= 11 is 0. The van der Waals surface area contributed by atoms with Crippen molar-refractivity contribution in [2.24, 2.45) is 0 Å². The van der Waals surface area contributed by atoms with Crippen LogP contribution in [0.2, 0.25) is 0 Å². The van der Waals surface area contributed by atoms with Crippen LogP contribution >= 0.6 is 0 Å². The lowest BCUT2D eigenvalue weighted by atomic mass is 9.99. The van der Waals surface area contributed by atoms with E-state index in [9.17, 15) is 9.90 Å². The summed E-state index contributed by atoms with van der Waals surface area (Å²) < 4.78 is 13.4. The molecule has 3 aromatic heterocycles. The summed E-state index contributed by atoms with van der Waals surface area (Å²) in [5.74, 6) is -0.0124. The Morgan fingerprint density at radius 1 is 1.28 bits per heavy atom. The molecule has 0 saturated carbocycles. The van der Waals surface area contributed by atoms with Crippen LogP contribution in [0.25, 0.3) is 11.3 Å². The molecule has 1 unspecified atom stereocenters. The molecule has 2 aliphatic rings. The molecular weight excluding hydrogens is 410 g/mol. The lowest BCUT2D eigenvalue weighted by Crippen LogP contribution is -2.43. The number of carbonyl (C=O) groups is 1. The number of rotatable bonds is 5. The second kappa shape index (κ2) is 7.59. The van der Waals surface area contributed by atoms with E-state index < -0.39 is 5.72 Å². The van der Waals surface area contributed by atoms with Crippen LogP contribution in [-0.2, 0) is 17.0 Å². The SMILES string of the molecule is CCOc1ncc(-c2cc(C)c3c(n2)C2(CCCO2)N(c2cnn(CC)c2)C3=O)cc1O. The van der Waals surface area contributed by atoms with Gasteiger partial charge in [0.1, 0.15) is 5.69 Å². The van der Waals surface area contributed by atoms with Gasteiger partial charge in [-0.2, -0.15) is 5.10 Å². The first-order valence-electron chi connectivity index (χ1n) is 10.8. The second-order valence-electron chi connectivity index (χ2n) is 7.96. The zero-order chi connectivity index (χ0) is 22.5. The van der Waals surface area contributed by atoms with Crippen LogP contribution in [0.5, 0.6) is 11.6 Å². The molecule has 0 bridgehead atoms. The Kier molecular flexibility index (Phi) is 4.85. The number of amides is 1. The third-order valence-electron chi connectivity index (χ3n) is 5.98. The maximum atomic E-state index is 13.6. The summed E-state index contributed by atoms with van der Waals surface area (Å²) in [6.07, 6.45) is 6.63. The van der Waals surface area contributed by atoms with Gasteiger partial charge in [0.2, 0.25) is 0 Å². The van der Waals surface area contributed by atoms with Crippen LogP contribution in [0.15, 0.2) is 30.7 Å². The van der Waals surface area contributed by atoms with E-state index in [-0.39, 0.29) is 17.5 Å². The van der Waals surface area contributed by atoms with Gasteiger partial charge in [0.15, 0.2) is 11.5 Å². The summed E-state index contributed by atoms with van der Waals surface area (Å²) in [6, 6.07) is 3.42. The van der Waals surface area contributed by atoms with Crippen molar-refractivity contribution in [1.29, 1.82) is 0 Å². The van der Waals surface area contributed by atoms with Gasteiger partial charge in [-0.25, -0.2) is 9.97 Å². The largest absolute Gasteiger partial charge is 0.503 e. The quantitative estimate of drug-likeness (QED) is 0.655.